The predicted molar refractivity (Wildman–Crippen MR) is 121 cm³/mol. The highest BCUT2D eigenvalue weighted by atomic mass is 16.6. The lowest BCUT2D eigenvalue weighted by molar-refractivity contribution is -0.384. The van der Waals surface area contributed by atoms with Crippen molar-refractivity contribution in [3.63, 3.8) is 0 Å². The van der Waals surface area contributed by atoms with Gasteiger partial charge in [0.2, 0.25) is 0 Å². The summed E-state index contributed by atoms with van der Waals surface area (Å²) >= 11 is 0. The Kier molecular flexibility index (Phi) is 5.63. The maximum Gasteiger partial charge on any atom is 0.282 e. The van der Waals surface area contributed by atoms with Crippen molar-refractivity contribution in [1.29, 1.82) is 0 Å². The van der Waals surface area contributed by atoms with Gasteiger partial charge >= 0.3 is 0 Å². The highest BCUT2D eigenvalue weighted by molar-refractivity contribution is 5.82. The first-order chi connectivity index (χ1) is 15.5. The lowest BCUT2D eigenvalue weighted by atomic mass is 10.1. The van der Waals surface area contributed by atoms with E-state index >= 15 is 0 Å². The Morgan fingerprint density at radius 1 is 1.00 bits per heavy atom. The van der Waals surface area contributed by atoms with Crippen molar-refractivity contribution in [1.82, 2.24) is 9.66 Å². The minimum Gasteiger partial charge on any atom is -0.493 e. The molecule has 0 unspecified atom stereocenters. The summed E-state index contributed by atoms with van der Waals surface area (Å²) in [6.07, 6.45) is 1.45. The van der Waals surface area contributed by atoms with Crippen LogP contribution >= 0.6 is 0 Å². The number of ether oxygens (including phenoxy) is 2. The van der Waals surface area contributed by atoms with E-state index in [2.05, 4.69) is 10.1 Å². The zero-order chi connectivity index (χ0) is 22.7. The third kappa shape index (κ3) is 3.91. The number of aromatic nitrogens is 2. The lowest BCUT2D eigenvalue weighted by Crippen LogP contribution is -2.20. The fourth-order valence-corrected chi connectivity index (χ4v) is 3.20. The van der Waals surface area contributed by atoms with Crippen LogP contribution in [-0.4, -0.2) is 35.0 Å². The van der Waals surface area contributed by atoms with Crippen LogP contribution in [0, 0.1) is 10.1 Å². The van der Waals surface area contributed by atoms with Crippen molar-refractivity contribution in [3.8, 4) is 22.9 Å². The van der Waals surface area contributed by atoms with E-state index in [1.165, 1.54) is 37.2 Å². The van der Waals surface area contributed by atoms with Crippen molar-refractivity contribution >= 4 is 22.8 Å². The molecule has 0 bridgehead atoms. The summed E-state index contributed by atoms with van der Waals surface area (Å²) in [5, 5.41) is 15.6. The van der Waals surface area contributed by atoms with Crippen molar-refractivity contribution in [3.05, 3.63) is 92.8 Å². The molecule has 1 aromatic heterocycles. The Hall–Kier alpha value is -4.53. The number of nitro groups is 1. The molecule has 0 fully saturated rings. The standard InChI is InChI=1S/C23H18N4O5/c1-31-20-12-9-16(13-21(20)32-2)22-25-19-6-4-3-5-18(19)23(28)26(22)24-14-15-7-10-17(11-8-15)27(29)30/h3-14H,1-2H3. The molecule has 160 valence electrons. The average Bonchev–Trinajstić information content (AvgIpc) is 2.83. The number of para-hydroxylation sites is 1. The summed E-state index contributed by atoms with van der Waals surface area (Å²) in [5.41, 5.74) is 1.35. The first-order valence-corrected chi connectivity index (χ1v) is 9.55. The first-order valence-electron chi connectivity index (χ1n) is 9.55. The number of hydrogen-bond acceptors (Lipinski definition) is 7. The van der Waals surface area contributed by atoms with Gasteiger partial charge in [-0.25, -0.2) is 4.98 Å². The van der Waals surface area contributed by atoms with E-state index in [0.29, 0.717) is 39.4 Å². The van der Waals surface area contributed by atoms with Crippen LogP contribution in [0.25, 0.3) is 22.3 Å². The summed E-state index contributed by atoms with van der Waals surface area (Å²) in [4.78, 5) is 28.3. The molecule has 4 rings (SSSR count). The Balaban J connectivity index is 1.88. The van der Waals surface area contributed by atoms with Crippen LogP contribution in [0.3, 0.4) is 0 Å². The van der Waals surface area contributed by atoms with E-state index in [1.807, 2.05) is 0 Å². The molecule has 9 nitrogen and oxygen atoms in total. The van der Waals surface area contributed by atoms with Gasteiger partial charge in [0.25, 0.3) is 11.2 Å². The average molecular weight is 430 g/mol. The summed E-state index contributed by atoms with van der Waals surface area (Å²) in [7, 11) is 3.06. The van der Waals surface area contributed by atoms with Crippen LogP contribution in [0.2, 0.25) is 0 Å². The molecule has 1 heterocycles. The number of nitro benzene ring substituents is 1. The van der Waals surface area contributed by atoms with Crippen molar-refractivity contribution < 1.29 is 14.4 Å². The van der Waals surface area contributed by atoms with Crippen LogP contribution in [0.1, 0.15) is 5.56 Å². The molecule has 0 atom stereocenters. The molecule has 0 spiro atoms. The molecule has 3 aromatic carbocycles. The summed E-state index contributed by atoms with van der Waals surface area (Å²) in [6, 6.07) is 18.0. The van der Waals surface area contributed by atoms with E-state index in [4.69, 9.17) is 9.47 Å². The molecular formula is C23H18N4O5. The van der Waals surface area contributed by atoms with Crippen LogP contribution in [0.5, 0.6) is 11.5 Å². The van der Waals surface area contributed by atoms with Crippen LogP contribution in [0.15, 0.2) is 76.6 Å². The van der Waals surface area contributed by atoms with Crippen LogP contribution < -0.4 is 15.0 Å². The van der Waals surface area contributed by atoms with Crippen molar-refractivity contribution in [2.75, 3.05) is 14.2 Å². The van der Waals surface area contributed by atoms with Gasteiger partial charge in [-0.1, -0.05) is 12.1 Å². The molecule has 0 radical (unpaired) electrons. The Bertz CT molecular complexity index is 1390. The molecule has 9 heteroatoms. The van der Waals surface area contributed by atoms with Crippen molar-refractivity contribution in [2.24, 2.45) is 5.10 Å². The number of non-ortho nitro benzene ring substituents is 1. The molecule has 0 aliphatic carbocycles. The fraction of sp³-hybridized carbons (Fsp3) is 0.0870. The Morgan fingerprint density at radius 2 is 1.72 bits per heavy atom. The summed E-state index contributed by atoms with van der Waals surface area (Å²) < 4.78 is 11.9. The van der Waals surface area contributed by atoms with Crippen LogP contribution in [-0.2, 0) is 0 Å². The van der Waals surface area contributed by atoms with Gasteiger partial charge in [-0.2, -0.15) is 9.78 Å². The second-order valence-corrected chi connectivity index (χ2v) is 6.73. The molecule has 0 N–H and O–H groups in total. The zero-order valence-electron chi connectivity index (χ0n) is 17.3. The molecule has 0 saturated heterocycles. The van der Waals surface area contributed by atoms with Crippen LogP contribution in [0.4, 0.5) is 5.69 Å². The molecular weight excluding hydrogens is 412 g/mol. The second-order valence-electron chi connectivity index (χ2n) is 6.73. The number of fused-ring (bicyclic) bond motifs is 1. The lowest BCUT2D eigenvalue weighted by Gasteiger charge is -2.12. The predicted octanol–water partition coefficient (Wildman–Crippen LogP) is 3.87. The third-order valence-electron chi connectivity index (χ3n) is 4.82. The van der Waals surface area contributed by atoms with Crippen molar-refractivity contribution in [2.45, 2.75) is 0 Å². The molecule has 32 heavy (non-hydrogen) atoms. The quantitative estimate of drug-likeness (QED) is 0.261. The normalized spacial score (nSPS) is 11.1. The van der Waals surface area contributed by atoms with Gasteiger partial charge in [0.05, 0.1) is 36.3 Å². The van der Waals surface area contributed by atoms with E-state index in [1.54, 1.807) is 54.6 Å². The molecule has 0 amide bonds. The highest BCUT2D eigenvalue weighted by Gasteiger charge is 2.15. The second kappa shape index (κ2) is 8.68. The smallest absolute Gasteiger partial charge is 0.282 e. The maximum atomic E-state index is 13.2. The number of methoxy groups -OCH3 is 2. The maximum absolute atomic E-state index is 13.2. The van der Waals surface area contributed by atoms with Gasteiger partial charge in [-0.05, 0) is 48.0 Å². The monoisotopic (exact) mass is 430 g/mol. The fourth-order valence-electron chi connectivity index (χ4n) is 3.20. The topological polar surface area (TPSA) is 109 Å². The number of hydrogen-bond donors (Lipinski definition) is 0. The Morgan fingerprint density at radius 3 is 2.41 bits per heavy atom. The number of nitrogens with zero attached hydrogens (tertiary/aromatic N) is 4. The molecule has 0 saturated carbocycles. The Labute approximate surface area is 182 Å². The van der Waals surface area contributed by atoms with E-state index < -0.39 is 4.92 Å². The molecule has 0 aliphatic heterocycles. The van der Waals surface area contributed by atoms with Gasteiger partial charge in [-0.15, -0.1) is 0 Å². The van der Waals surface area contributed by atoms with Gasteiger partial charge in [0, 0.05) is 17.7 Å². The highest BCUT2D eigenvalue weighted by Crippen LogP contribution is 2.31. The SMILES string of the molecule is COc1ccc(-c2nc3ccccc3c(=O)n2N=Cc2ccc([N+](=O)[O-])cc2)cc1OC. The largest absolute Gasteiger partial charge is 0.493 e. The van der Waals surface area contributed by atoms with E-state index in [-0.39, 0.29) is 11.2 Å². The van der Waals surface area contributed by atoms with Gasteiger partial charge in [0.15, 0.2) is 17.3 Å². The minimum absolute atomic E-state index is 0.0299. The molecule has 0 aliphatic rings. The molecule has 4 aromatic rings. The number of rotatable bonds is 6. The minimum atomic E-state index is -0.478. The number of benzene rings is 3. The van der Waals surface area contributed by atoms with Gasteiger partial charge in [0.1, 0.15) is 0 Å². The zero-order valence-corrected chi connectivity index (χ0v) is 17.3. The summed E-state index contributed by atoms with van der Waals surface area (Å²) in [5.74, 6) is 1.34. The first kappa shape index (κ1) is 20.7. The summed E-state index contributed by atoms with van der Waals surface area (Å²) in [6.45, 7) is 0. The van der Waals surface area contributed by atoms with E-state index in [9.17, 15) is 14.9 Å². The van der Waals surface area contributed by atoms with E-state index in [0.717, 1.165) is 0 Å². The van der Waals surface area contributed by atoms with Gasteiger partial charge in [-0.3, -0.25) is 14.9 Å². The van der Waals surface area contributed by atoms with Gasteiger partial charge < -0.3 is 9.47 Å². The third-order valence-corrected chi connectivity index (χ3v) is 4.82.